The zero-order valence-corrected chi connectivity index (χ0v) is 15.8. The SMILES string of the molecule is CCNC(=O)c1cc2c(CNC(=O)c3ccc(CC)nc3)nn(C)c2s1. The topological polar surface area (TPSA) is 88.9 Å². The Bertz CT molecular complexity index is 943. The Balaban J connectivity index is 1.75. The van der Waals surface area contributed by atoms with Crippen LogP contribution in [-0.2, 0) is 20.0 Å². The highest BCUT2D eigenvalue weighted by Gasteiger charge is 2.17. The minimum Gasteiger partial charge on any atom is -0.352 e. The molecule has 8 heteroatoms. The lowest BCUT2D eigenvalue weighted by Crippen LogP contribution is -2.23. The van der Waals surface area contributed by atoms with E-state index in [1.54, 1.807) is 16.9 Å². The number of aryl methyl sites for hydroxylation is 2. The second-order valence-corrected chi connectivity index (χ2v) is 6.86. The van der Waals surface area contributed by atoms with Crippen molar-refractivity contribution in [3.63, 3.8) is 0 Å². The van der Waals surface area contributed by atoms with Crippen LogP contribution in [0.3, 0.4) is 0 Å². The largest absolute Gasteiger partial charge is 0.352 e. The maximum atomic E-state index is 12.3. The van der Waals surface area contributed by atoms with Crippen molar-refractivity contribution in [3.8, 4) is 0 Å². The molecule has 0 radical (unpaired) electrons. The fraction of sp³-hybridized carbons (Fsp3) is 0.333. The number of fused-ring (bicyclic) bond motifs is 1. The smallest absolute Gasteiger partial charge is 0.261 e. The molecule has 0 aliphatic carbocycles. The van der Waals surface area contributed by atoms with E-state index in [1.807, 2.05) is 33.0 Å². The summed E-state index contributed by atoms with van der Waals surface area (Å²) in [6, 6.07) is 5.45. The highest BCUT2D eigenvalue weighted by molar-refractivity contribution is 7.20. The van der Waals surface area contributed by atoms with E-state index in [9.17, 15) is 9.59 Å². The van der Waals surface area contributed by atoms with E-state index in [0.717, 1.165) is 28.0 Å². The van der Waals surface area contributed by atoms with Gasteiger partial charge in [0.1, 0.15) is 4.83 Å². The zero-order chi connectivity index (χ0) is 18.7. The van der Waals surface area contributed by atoms with Gasteiger partial charge in [-0.1, -0.05) is 6.92 Å². The molecule has 0 aliphatic rings. The molecule has 3 aromatic heterocycles. The molecule has 3 rings (SSSR count). The first-order valence-electron chi connectivity index (χ1n) is 8.50. The van der Waals surface area contributed by atoms with Crippen LogP contribution < -0.4 is 10.6 Å². The Morgan fingerprint density at radius 1 is 1.19 bits per heavy atom. The van der Waals surface area contributed by atoms with Crippen LogP contribution in [0.4, 0.5) is 0 Å². The summed E-state index contributed by atoms with van der Waals surface area (Å²) in [6.45, 7) is 4.77. The van der Waals surface area contributed by atoms with Crippen LogP contribution in [0.1, 0.15) is 45.3 Å². The molecular formula is C18H21N5O2S. The molecule has 0 unspecified atom stereocenters. The summed E-state index contributed by atoms with van der Waals surface area (Å²) in [5.74, 6) is -0.288. The van der Waals surface area contributed by atoms with E-state index in [1.165, 1.54) is 11.3 Å². The number of nitrogens with zero attached hydrogens (tertiary/aromatic N) is 3. The zero-order valence-electron chi connectivity index (χ0n) is 15.0. The van der Waals surface area contributed by atoms with E-state index in [2.05, 4.69) is 20.7 Å². The highest BCUT2D eigenvalue weighted by Crippen LogP contribution is 2.28. The van der Waals surface area contributed by atoms with Gasteiger partial charge in [0.05, 0.1) is 22.7 Å². The van der Waals surface area contributed by atoms with Gasteiger partial charge in [0.2, 0.25) is 0 Å². The van der Waals surface area contributed by atoms with Crippen LogP contribution in [0.5, 0.6) is 0 Å². The molecule has 2 amide bonds. The third-order valence-corrected chi connectivity index (χ3v) is 5.22. The van der Waals surface area contributed by atoms with Gasteiger partial charge in [-0.05, 0) is 31.5 Å². The second kappa shape index (κ2) is 7.65. The van der Waals surface area contributed by atoms with Gasteiger partial charge in [-0.25, -0.2) is 0 Å². The molecule has 0 saturated carbocycles. The van der Waals surface area contributed by atoms with Gasteiger partial charge >= 0.3 is 0 Å². The average Bonchev–Trinajstić information content (AvgIpc) is 3.21. The van der Waals surface area contributed by atoms with Gasteiger partial charge in [0, 0.05) is 30.9 Å². The van der Waals surface area contributed by atoms with Crippen LogP contribution in [-0.4, -0.2) is 33.1 Å². The minimum absolute atomic E-state index is 0.0919. The first kappa shape index (κ1) is 18.1. The summed E-state index contributed by atoms with van der Waals surface area (Å²) in [4.78, 5) is 30.1. The van der Waals surface area contributed by atoms with E-state index in [4.69, 9.17) is 0 Å². The number of aromatic nitrogens is 3. The van der Waals surface area contributed by atoms with Gasteiger partial charge < -0.3 is 10.6 Å². The lowest BCUT2D eigenvalue weighted by Gasteiger charge is -2.04. The first-order valence-corrected chi connectivity index (χ1v) is 9.31. The molecule has 0 aliphatic heterocycles. The number of pyridine rings is 1. The van der Waals surface area contributed by atoms with Crippen LogP contribution in [0.15, 0.2) is 24.4 Å². The molecule has 0 bridgehead atoms. The second-order valence-electron chi connectivity index (χ2n) is 5.83. The molecule has 2 N–H and O–H groups in total. The maximum absolute atomic E-state index is 12.3. The molecule has 0 aromatic carbocycles. The van der Waals surface area contributed by atoms with Crippen LogP contribution in [0.2, 0.25) is 0 Å². The van der Waals surface area contributed by atoms with Crippen molar-refractivity contribution in [2.24, 2.45) is 7.05 Å². The Morgan fingerprint density at radius 3 is 2.65 bits per heavy atom. The molecule has 0 spiro atoms. The van der Waals surface area contributed by atoms with Crippen molar-refractivity contribution < 1.29 is 9.59 Å². The number of rotatable bonds is 6. The quantitative estimate of drug-likeness (QED) is 0.696. The number of hydrogen-bond acceptors (Lipinski definition) is 5. The van der Waals surface area contributed by atoms with Gasteiger partial charge in [-0.3, -0.25) is 19.3 Å². The molecule has 136 valence electrons. The molecule has 26 heavy (non-hydrogen) atoms. The van der Waals surface area contributed by atoms with Crippen molar-refractivity contribution in [3.05, 3.63) is 46.2 Å². The van der Waals surface area contributed by atoms with E-state index >= 15 is 0 Å². The molecule has 0 saturated heterocycles. The number of thiophene rings is 1. The lowest BCUT2D eigenvalue weighted by atomic mass is 10.2. The van der Waals surface area contributed by atoms with E-state index in [-0.39, 0.29) is 18.4 Å². The van der Waals surface area contributed by atoms with Crippen molar-refractivity contribution in [2.75, 3.05) is 6.54 Å². The molecule has 3 heterocycles. The fourth-order valence-electron chi connectivity index (χ4n) is 2.63. The van der Waals surface area contributed by atoms with Crippen molar-refractivity contribution in [1.29, 1.82) is 0 Å². The summed E-state index contributed by atoms with van der Waals surface area (Å²) >= 11 is 1.39. The number of amides is 2. The molecule has 7 nitrogen and oxygen atoms in total. The summed E-state index contributed by atoms with van der Waals surface area (Å²) in [7, 11) is 1.83. The molecule has 3 aromatic rings. The van der Waals surface area contributed by atoms with Crippen molar-refractivity contribution in [1.82, 2.24) is 25.4 Å². The van der Waals surface area contributed by atoms with Gasteiger partial charge in [-0.2, -0.15) is 5.10 Å². The van der Waals surface area contributed by atoms with Crippen LogP contribution in [0.25, 0.3) is 10.2 Å². The standard InChI is InChI=1S/C18H21N5O2S/c1-4-12-7-6-11(9-20-12)16(24)21-10-14-13-8-15(17(25)19-5-2)26-18(13)23(3)22-14/h6-9H,4-5,10H2,1-3H3,(H,19,25)(H,21,24). The summed E-state index contributed by atoms with van der Waals surface area (Å²) < 4.78 is 1.74. The lowest BCUT2D eigenvalue weighted by molar-refractivity contribution is 0.0945. The Kier molecular flexibility index (Phi) is 5.32. The van der Waals surface area contributed by atoms with E-state index < -0.39 is 0 Å². The first-order chi connectivity index (χ1) is 12.5. The molecule has 0 fully saturated rings. The molecule has 0 atom stereocenters. The minimum atomic E-state index is -0.196. The predicted octanol–water partition coefficient (Wildman–Crippen LogP) is 2.27. The normalized spacial score (nSPS) is 10.9. The molecular weight excluding hydrogens is 350 g/mol. The number of nitrogens with one attached hydrogen (secondary N) is 2. The predicted molar refractivity (Wildman–Crippen MR) is 101 cm³/mol. The Morgan fingerprint density at radius 2 is 2.00 bits per heavy atom. The average molecular weight is 371 g/mol. The highest BCUT2D eigenvalue weighted by atomic mass is 32.1. The van der Waals surface area contributed by atoms with Crippen molar-refractivity contribution in [2.45, 2.75) is 26.8 Å². The van der Waals surface area contributed by atoms with E-state index in [0.29, 0.717) is 17.0 Å². The third kappa shape index (κ3) is 3.60. The van der Waals surface area contributed by atoms with Crippen LogP contribution >= 0.6 is 11.3 Å². The summed E-state index contributed by atoms with van der Waals surface area (Å²) in [6.07, 6.45) is 2.42. The van der Waals surface area contributed by atoms with Crippen LogP contribution in [0, 0.1) is 0 Å². The maximum Gasteiger partial charge on any atom is 0.261 e. The fourth-order valence-corrected chi connectivity index (χ4v) is 3.64. The van der Waals surface area contributed by atoms with Gasteiger partial charge in [0.25, 0.3) is 11.8 Å². The third-order valence-electron chi connectivity index (χ3n) is 4.01. The number of carbonyl (C=O) groups excluding carboxylic acids is 2. The Labute approximate surface area is 155 Å². The summed E-state index contributed by atoms with van der Waals surface area (Å²) in [5.41, 5.74) is 2.20. The van der Waals surface area contributed by atoms with Crippen molar-refractivity contribution >= 4 is 33.4 Å². The van der Waals surface area contributed by atoms with Gasteiger partial charge in [0.15, 0.2) is 0 Å². The Hall–Kier alpha value is -2.74. The number of hydrogen-bond donors (Lipinski definition) is 2. The summed E-state index contributed by atoms with van der Waals surface area (Å²) in [5, 5.41) is 11.0. The monoisotopic (exact) mass is 371 g/mol. The number of carbonyl (C=O) groups is 2. The van der Waals surface area contributed by atoms with Gasteiger partial charge in [-0.15, -0.1) is 11.3 Å².